The first-order chi connectivity index (χ1) is 7.27. The first kappa shape index (κ1) is 12.7. The van der Waals surface area contributed by atoms with Crippen LogP contribution in [-0.4, -0.2) is 12.6 Å². The molecular weight excluding hydrogens is 202 g/mol. The molecule has 1 aromatic rings. The van der Waals surface area contributed by atoms with Crippen LogP contribution in [0.2, 0.25) is 0 Å². The van der Waals surface area contributed by atoms with Gasteiger partial charge in [0.25, 0.3) is 0 Å². The van der Waals surface area contributed by atoms with Crippen molar-refractivity contribution >= 4 is 11.3 Å². The van der Waals surface area contributed by atoms with Crippen molar-refractivity contribution in [1.29, 1.82) is 0 Å². The van der Waals surface area contributed by atoms with Crippen molar-refractivity contribution in [3.63, 3.8) is 0 Å². The Morgan fingerprint density at radius 2 is 2.20 bits per heavy atom. The monoisotopic (exact) mass is 225 g/mol. The Labute approximate surface area is 97.9 Å². The lowest BCUT2D eigenvalue weighted by Crippen LogP contribution is -2.36. The largest absolute Gasteiger partial charge is 0.314 e. The van der Waals surface area contributed by atoms with Crippen LogP contribution in [0.25, 0.3) is 0 Å². The van der Waals surface area contributed by atoms with Crippen LogP contribution in [0.3, 0.4) is 0 Å². The molecule has 0 fully saturated rings. The van der Waals surface area contributed by atoms with E-state index in [1.165, 1.54) is 24.8 Å². The summed E-state index contributed by atoms with van der Waals surface area (Å²) in [6.07, 6.45) is 3.78. The van der Waals surface area contributed by atoms with Crippen LogP contribution in [-0.2, 0) is 6.42 Å². The van der Waals surface area contributed by atoms with Crippen LogP contribution in [0, 0.1) is 5.92 Å². The lowest BCUT2D eigenvalue weighted by molar-refractivity contribution is 0.358. The fraction of sp³-hybridized carbons (Fsp3) is 0.692. The summed E-state index contributed by atoms with van der Waals surface area (Å²) >= 11 is 1.80. The Balaban J connectivity index is 2.49. The fourth-order valence-corrected chi connectivity index (χ4v) is 2.74. The second-order valence-corrected chi connectivity index (χ2v) is 5.05. The molecule has 0 radical (unpaired) electrons. The zero-order chi connectivity index (χ0) is 11.1. The van der Waals surface area contributed by atoms with Crippen molar-refractivity contribution in [2.75, 3.05) is 6.54 Å². The molecule has 2 heteroatoms. The average molecular weight is 225 g/mol. The number of nitrogens with one attached hydrogen (secondary N) is 1. The molecule has 15 heavy (non-hydrogen) atoms. The first-order valence-electron chi connectivity index (χ1n) is 6.02. The summed E-state index contributed by atoms with van der Waals surface area (Å²) in [5.74, 6) is 0.773. The van der Waals surface area contributed by atoms with E-state index in [1.807, 2.05) is 0 Å². The molecule has 2 unspecified atom stereocenters. The minimum Gasteiger partial charge on any atom is -0.314 e. The molecule has 0 spiro atoms. The SMILES string of the molecule is CCCC(C)C(Cc1ccsc1)NCC. The standard InChI is InChI=1S/C13H23NS/c1-4-6-11(3)13(14-5-2)9-12-7-8-15-10-12/h7-8,10-11,13-14H,4-6,9H2,1-3H3. The van der Waals surface area contributed by atoms with Crippen molar-refractivity contribution in [2.24, 2.45) is 5.92 Å². The number of hydrogen-bond acceptors (Lipinski definition) is 2. The number of likely N-dealkylation sites (N-methyl/N-ethyl adjacent to an activating group) is 1. The van der Waals surface area contributed by atoms with Crippen molar-refractivity contribution in [2.45, 2.75) is 46.1 Å². The molecule has 0 aliphatic carbocycles. The predicted molar refractivity (Wildman–Crippen MR) is 69.6 cm³/mol. The van der Waals surface area contributed by atoms with Gasteiger partial charge >= 0.3 is 0 Å². The average Bonchev–Trinajstić information content (AvgIpc) is 2.70. The highest BCUT2D eigenvalue weighted by Gasteiger charge is 2.15. The highest BCUT2D eigenvalue weighted by atomic mass is 32.1. The molecule has 0 amide bonds. The van der Waals surface area contributed by atoms with Crippen molar-refractivity contribution in [1.82, 2.24) is 5.32 Å². The molecule has 1 nitrogen and oxygen atoms in total. The van der Waals surface area contributed by atoms with E-state index in [1.54, 1.807) is 11.3 Å². The van der Waals surface area contributed by atoms with Gasteiger partial charge in [0, 0.05) is 6.04 Å². The first-order valence-corrected chi connectivity index (χ1v) is 6.96. The number of hydrogen-bond donors (Lipinski definition) is 1. The maximum atomic E-state index is 3.61. The molecule has 0 aliphatic heterocycles. The Morgan fingerprint density at radius 1 is 1.40 bits per heavy atom. The Bertz CT molecular complexity index is 243. The highest BCUT2D eigenvalue weighted by Crippen LogP contribution is 2.17. The fourth-order valence-electron chi connectivity index (χ4n) is 2.06. The third-order valence-electron chi connectivity index (χ3n) is 2.93. The van der Waals surface area contributed by atoms with Gasteiger partial charge < -0.3 is 5.32 Å². The van der Waals surface area contributed by atoms with Gasteiger partial charge in [-0.1, -0.05) is 27.2 Å². The second kappa shape index (κ2) is 7.02. The molecular formula is C13H23NS. The minimum atomic E-state index is 0.643. The second-order valence-electron chi connectivity index (χ2n) is 4.27. The predicted octanol–water partition coefficient (Wildman–Crippen LogP) is 3.70. The zero-order valence-electron chi connectivity index (χ0n) is 10.1. The summed E-state index contributed by atoms with van der Waals surface area (Å²) < 4.78 is 0. The molecule has 0 bridgehead atoms. The van der Waals surface area contributed by atoms with Crippen molar-refractivity contribution in [3.8, 4) is 0 Å². The Kier molecular flexibility index (Phi) is 5.96. The van der Waals surface area contributed by atoms with Crippen LogP contribution in [0.1, 0.15) is 39.2 Å². The Hall–Kier alpha value is -0.340. The Morgan fingerprint density at radius 3 is 2.73 bits per heavy atom. The van der Waals surface area contributed by atoms with Gasteiger partial charge in [0.15, 0.2) is 0 Å². The third-order valence-corrected chi connectivity index (χ3v) is 3.66. The van der Waals surface area contributed by atoms with Crippen LogP contribution in [0.4, 0.5) is 0 Å². The molecule has 1 heterocycles. The molecule has 86 valence electrons. The molecule has 2 atom stereocenters. The van der Waals surface area contributed by atoms with Crippen molar-refractivity contribution in [3.05, 3.63) is 22.4 Å². The summed E-state index contributed by atoms with van der Waals surface area (Å²) in [4.78, 5) is 0. The quantitative estimate of drug-likeness (QED) is 0.746. The van der Waals surface area contributed by atoms with Crippen molar-refractivity contribution < 1.29 is 0 Å². The zero-order valence-corrected chi connectivity index (χ0v) is 10.9. The third kappa shape index (κ3) is 4.35. The molecule has 1 rings (SSSR count). The van der Waals surface area contributed by atoms with Crippen LogP contribution >= 0.6 is 11.3 Å². The smallest absolute Gasteiger partial charge is 0.0133 e. The highest BCUT2D eigenvalue weighted by molar-refractivity contribution is 7.07. The van der Waals surface area contributed by atoms with E-state index in [0.29, 0.717) is 6.04 Å². The van der Waals surface area contributed by atoms with Gasteiger partial charge in [-0.15, -0.1) is 0 Å². The van der Waals surface area contributed by atoms with E-state index in [0.717, 1.165) is 12.5 Å². The molecule has 0 aromatic carbocycles. The van der Waals surface area contributed by atoms with Gasteiger partial charge in [-0.3, -0.25) is 0 Å². The summed E-state index contributed by atoms with van der Waals surface area (Å²) in [5, 5.41) is 8.05. The minimum absolute atomic E-state index is 0.643. The normalized spacial score (nSPS) is 15.1. The maximum absolute atomic E-state index is 3.61. The summed E-state index contributed by atoms with van der Waals surface area (Å²) in [5.41, 5.74) is 1.48. The lowest BCUT2D eigenvalue weighted by Gasteiger charge is -2.24. The van der Waals surface area contributed by atoms with Gasteiger partial charge in [0.1, 0.15) is 0 Å². The molecule has 0 saturated carbocycles. The van der Waals surface area contributed by atoms with E-state index in [-0.39, 0.29) is 0 Å². The van der Waals surface area contributed by atoms with E-state index in [4.69, 9.17) is 0 Å². The van der Waals surface area contributed by atoms with Gasteiger partial charge in [0.05, 0.1) is 0 Å². The van der Waals surface area contributed by atoms with E-state index < -0.39 is 0 Å². The summed E-state index contributed by atoms with van der Waals surface area (Å²) in [7, 11) is 0. The summed E-state index contributed by atoms with van der Waals surface area (Å²) in [6, 6.07) is 2.89. The molecule has 0 aliphatic rings. The van der Waals surface area contributed by atoms with E-state index in [2.05, 4.69) is 42.9 Å². The molecule has 1 N–H and O–H groups in total. The maximum Gasteiger partial charge on any atom is 0.0133 e. The van der Waals surface area contributed by atoms with Crippen LogP contribution in [0.15, 0.2) is 16.8 Å². The van der Waals surface area contributed by atoms with Gasteiger partial charge in [0.2, 0.25) is 0 Å². The molecule has 1 aromatic heterocycles. The number of rotatable bonds is 7. The van der Waals surface area contributed by atoms with Crippen LogP contribution < -0.4 is 5.32 Å². The molecule has 0 saturated heterocycles. The van der Waals surface area contributed by atoms with Gasteiger partial charge in [-0.2, -0.15) is 11.3 Å². The van der Waals surface area contributed by atoms with E-state index in [9.17, 15) is 0 Å². The van der Waals surface area contributed by atoms with Gasteiger partial charge in [-0.25, -0.2) is 0 Å². The summed E-state index contributed by atoms with van der Waals surface area (Å²) in [6.45, 7) is 7.90. The van der Waals surface area contributed by atoms with E-state index >= 15 is 0 Å². The lowest BCUT2D eigenvalue weighted by atomic mass is 9.92. The van der Waals surface area contributed by atoms with Crippen LogP contribution in [0.5, 0.6) is 0 Å². The number of thiophene rings is 1. The van der Waals surface area contributed by atoms with Gasteiger partial charge in [-0.05, 0) is 47.7 Å². The topological polar surface area (TPSA) is 12.0 Å².